The molecule has 0 aromatic heterocycles. The number of nitrogens with two attached hydrogens (primary N) is 1. The number of carbonyl (C=O) groups is 1. The van der Waals surface area contributed by atoms with E-state index >= 15 is 0 Å². The zero-order chi connectivity index (χ0) is 9.02. The number of hydrogen-bond donors (Lipinski definition) is 2. The van der Waals surface area contributed by atoms with Gasteiger partial charge in [-0.1, -0.05) is 0 Å². The minimum Gasteiger partial charge on any atom is -0.347 e. The molecule has 0 fully saturated rings. The van der Waals surface area contributed by atoms with Crippen molar-refractivity contribution in [3.63, 3.8) is 0 Å². The van der Waals surface area contributed by atoms with Gasteiger partial charge in [0, 0.05) is 0 Å². The molecule has 2 atom stereocenters. The van der Waals surface area contributed by atoms with Crippen molar-refractivity contribution < 1.29 is 13.6 Å². The van der Waals surface area contributed by atoms with Crippen molar-refractivity contribution in [3.8, 4) is 0 Å². The first kappa shape index (κ1) is 10.3. The minimum atomic E-state index is -2.54. The van der Waals surface area contributed by atoms with Crippen molar-refractivity contribution in [2.75, 3.05) is 0 Å². The maximum absolute atomic E-state index is 11.8. The molecule has 3 N–H and O–H groups in total. The van der Waals surface area contributed by atoms with Crippen LogP contribution in [0.2, 0.25) is 0 Å². The van der Waals surface area contributed by atoms with Crippen molar-refractivity contribution in [2.45, 2.75) is 32.4 Å². The van der Waals surface area contributed by atoms with Crippen LogP contribution in [-0.2, 0) is 4.79 Å². The van der Waals surface area contributed by atoms with Crippen LogP contribution < -0.4 is 11.1 Å². The Kier molecular flexibility index (Phi) is 3.95. The summed E-state index contributed by atoms with van der Waals surface area (Å²) in [4.78, 5) is 10.7. The molecule has 0 aromatic rings. The summed E-state index contributed by atoms with van der Waals surface area (Å²) in [6, 6.07) is -1.87. The smallest absolute Gasteiger partial charge is 0.258 e. The fourth-order valence-electron chi connectivity index (χ4n) is 0.419. The molecule has 0 rings (SSSR count). The fourth-order valence-corrected chi connectivity index (χ4v) is 0.419. The van der Waals surface area contributed by atoms with E-state index in [2.05, 4.69) is 5.32 Å². The molecule has 0 aliphatic carbocycles. The van der Waals surface area contributed by atoms with Crippen molar-refractivity contribution in [2.24, 2.45) is 5.73 Å². The second kappa shape index (κ2) is 4.23. The Morgan fingerprint density at radius 3 is 2.18 bits per heavy atom. The van der Waals surface area contributed by atoms with Gasteiger partial charge in [-0.3, -0.25) is 4.79 Å². The van der Waals surface area contributed by atoms with Crippen LogP contribution >= 0.6 is 0 Å². The molecule has 1 unspecified atom stereocenters. The standard InChI is InChI=1S/C6H12F2N2O/c1-3(9)6(11)10-4(2)5(7)8/h3-5H,9H2,1-2H3,(H,10,11)/t3-,4?/m0/s1. The van der Waals surface area contributed by atoms with Gasteiger partial charge in [-0.15, -0.1) is 0 Å². The van der Waals surface area contributed by atoms with Gasteiger partial charge in [-0.25, -0.2) is 8.78 Å². The van der Waals surface area contributed by atoms with Crippen molar-refractivity contribution in [3.05, 3.63) is 0 Å². The highest BCUT2D eigenvalue weighted by atomic mass is 19.3. The van der Waals surface area contributed by atoms with Crippen molar-refractivity contribution in [1.29, 1.82) is 0 Å². The normalized spacial score (nSPS) is 16.2. The van der Waals surface area contributed by atoms with Gasteiger partial charge in [0.15, 0.2) is 0 Å². The Balaban J connectivity index is 3.76. The number of rotatable bonds is 3. The third-order valence-electron chi connectivity index (χ3n) is 1.16. The molecule has 0 saturated carbocycles. The summed E-state index contributed by atoms with van der Waals surface area (Å²) >= 11 is 0. The molecule has 0 aliphatic rings. The molecule has 0 aromatic carbocycles. The SMILES string of the molecule is CC(NC(=O)[C@H](C)N)C(F)F. The molecular weight excluding hydrogens is 154 g/mol. The van der Waals surface area contributed by atoms with E-state index in [9.17, 15) is 13.6 Å². The number of hydrogen-bond acceptors (Lipinski definition) is 2. The number of halogens is 2. The Labute approximate surface area is 63.9 Å². The maximum atomic E-state index is 11.8. The van der Waals surface area contributed by atoms with Crippen molar-refractivity contribution >= 4 is 5.91 Å². The lowest BCUT2D eigenvalue weighted by Gasteiger charge is -2.13. The highest BCUT2D eigenvalue weighted by Gasteiger charge is 2.18. The van der Waals surface area contributed by atoms with Gasteiger partial charge in [0.05, 0.1) is 12.1 Å². The average molecular weight is 166 g/mol. The first-order chi connectivity index (χ1) is 4.95. The molecule has 0 saturated heterocycles. The Morgan fingerprint density at radius 2 is 1.91 bits per heavy atom. The molecule has 0 bridgehead atoms. The van der Waals surface area contributed by atoms with Crippen LogP contribution in [0, 0.1) is 0 Å². The molecule has 0 aliphatic heterocycles. The third-order valence-corrected chi connectivity index (χ3v) is 1.16. The zero-order valence-corrected chi connectivity index (χ0v) is 6.47. The lowest BCUT2D eigenvalue weighted by Crippen LogP contribution is -2.45. The first-order valence-corrected chi connectivity index (χ1v) is 3.29. The van der Waals surface area contributed by atoms with Gasteiger partial charge in [-0.05, 0) is 13.8 Å². The summed E-state index contributed by atoms with van der Waals surface area (Å²) < 4.78 is 23.6. The Bertz CT molecular complexity index is 139. The summed E-state index contributed by atoms with van der Waals surface area (Å²) in [5, 5.41) is 2.06. The third kappa shape index (κ3) is 3.87. The van der Waals surface area contributed by atoms with Crippen LogP contribution in [0.25, 0.3) is 0 Å². The number of carbonyl (C=O) groups excluding carboxylic acids is 1. The molecule has 1 amide bonds. The summed E-state index contributed by atoms with van der Waals surface area (Å²) in [5.41, 5.74) is 5.13. The van der Waals surface area contributed by atoms with Gasteiger partial charge in [0.25, 0.3) is 6.43 Å². The molecule has 0 radical (unpaired) electrons. The van der Waals surface area contributed by atoms with Gasteiger partial charge in [-0.2, -0.15) is 0 Å². The van der Waals surface area contributed by atoms with Crippen LogP contribution in [-0.4, -0.2) is 24.4 Å². The highest BCUT2D eigenvalue weighted by molar-refractivity contribution is 5.81. The van der Waals surface area contributed by atoms with E-state index in [1.54, 1.807) is 0 Å². The molecule has 5 heteroatoms. The first-order valence-electron chi connectivity index (χ1n) is 3.29. The monoisotopic (exact) mass is 166 g/mol. The van der Waals surface area contributed by atoms with E-state index in [0.717, 1.165) is 0 Å². The molecule has 0 heterocycles. The van der Waals surface area contributed by atoms with Gasteiger partial charge in [0.2, 0.25) is 5.91 Å². The quantitative estimate of drug-likeness (QED) is 0.625. The Morgan fingerprint density at radius 1 is 1.45 bits per heavy atom. The van der Waals surface area contributed by atoms with E-state index in [1.165, 1.54) is 13.8 Å². The molecule has 66 valence electrons. The van der Waals surface area contributed by atoms with E-state index in [1.807, 2.05) is 0 Å². The van der Waals surface area contributed by atoms with Crippen LogP contribution in [0.4, 0.5) is 8.78 Å². The molecule has 11 heavy (non-hydrogen) atoms. The maximum Gasteiger partial charge on any atom is 0.258 e. The number of nitrogens with one attached hydrogen (secondary N) is 1. The summed E-state index contributed by atoms with van der Waals surface area (Å²) in [5.74, 6) is -0.558. The fraction of sp³-hybridized carbons (Fsp3) is 0.833. The summed E-state index contributed by atoms with van der Waals surface area (Å²) in [6.07, 6.45) is -2.54. The number of amides is 1. The Hall–Kier alpha value is -0.710. The highest BCUT2D eigenvalue weighted by Crippen LogP contribution is 1.98. The van der Waals surface area contributed by atoms with Crippen LogP contribution in [0.3, 0.4) is 0 Å². The number of alkyl halides is 2. The molecule has 0 spiro atoms. The zero-order valence-electron chi connectivity index (χ0n) is 6.47. The van der Waals surface area contributed by atoms with Gasteiger partial charge >= 0.3 is 0 Å². The molecule has 3 nitrogen and oxygen atoms in total. The van der Waals surface area contributed by atoms with Gasteiger partial charge < -0.3 is 11.1 Å². The topological polar surface area (TPSA) is 55.1 Å². The van der Waals surface area contributed by atoms with Crippen molar-refractivity contribution in [1.82, 2.24) is 5.32 Å². The van der Waals surface area contributed by atoms with E-state index < -0.39 is 24.4 Å². The predicted molar refractivity (Wildman–Crippen MR) is 37.3 cm³/mol. The lowest BCUT2D eigenvalue weighted by molar-refractivity contribution is -0.123. The van der Waals surface area contributed by atoms with E-state index in [-0.39, 0.29) is 0 Å². The van der Waals surface area contributed by atoms with Crippen LogP contribution in [0.15, 0.2) is 0 Å². The summed E-state index contributed by atoms with van der Waals surface area (Å²) in [7, 11) is 0. The summed E-state index contributed by atoms with van der Waals surface area (Å²) in [6.45, 7) is 2.67. The van der Waals surface area contributed by atoms with E-state index in [4.69, 9.17) is 5.73 Å². The largest absolute Gasteiger partial charge is 0.347 e. The minimum absolute atomic E-state index is 0.558. The predicted octanol–water partition coefficient (Wildman–Crippen LogP) is 0.103. The second-order valence-corrected chi connectivity index (χ2v) is 2.42. The van der Waals surface area contributed by atoms with E-state index in [0.29, 0.717) is 0 Å². The lowest BCUT2D eigenvalue weighted by atomic mass is 10.3. The second-order valence-electron chi connectivity index (χ2n) is 2.42. The molecular formula is C6H12F2N2O. The van der Waals surface area contributed by atoms with Crippen LogP contribution in [0.1, 0.15) is 13.8 Å². The van der Waals surface area contributed by atoms with Crippen LogP contribution in [0.5, 0.6) is 0 Å². The average Bonchev–Trinajstić information content (AvgIpc) is 1.87. The van der Waals surface area contributed by atoms with Gasteiger partial charge in [0.1, 0.15) is 0 Å².